The minimum absolute atomic E-state index is 0.341. The first-order valence-corrected chi connectivity index (χ1v) is 11.0. The Morgan fingerprint density at radius 3 is 2.71 bits per heavy atom. The van der Waals surface area contributed by atoms with Gasteiger partial charge in [-0.3, -0.25) is 0 Å². The van der Waals surface area contributed by atoms with Gasteiger partial charge in [-0.2, -0.15) is 0 Å². The average Bonchev–Trinajstić information content (AvgIpc) is 3.12. The normalized spacial score (nSPS) is 16.2. The third-order valence-corrected chi connectivity index (χ3v) is 5.83. The maximum Gasteiger partial charge on any atom is 0.190 e. The number of β-amino-alcohol motifs (C(OH)–C–C–N with tert-alkyl or cyclic N) is 1. The summed E-state index contributed by atoms with van der Waals surface area (Å²) in [5, 5.41) is 22.5. The van der Waals surface area contributed by atoms with Gasteiger partial charge < -0.3 is 24.6 Å². The van der Waals surface area contributed by atoms with Gasteiger partial charge in [0.15, 0.2) is 5.16 Å². The predicted molar refractivity (Wildman–Crippen MR) is 112 cm³/mol. The van der Waals surface area contributed by atoms with Crippen molar-refractivity contribution in [2.24, 2.45) is 7.05 Å². The first kappa shape index (κ1) is 21.1. The number of benzene rings is 1. The summed E-state index contributed by atoms with van der Waals surface area (Å²) < 4.78 is 7.67. The highest BCUT2D eigenvalue weighted by Crippen LogP contribution is 2.14. The van der Waals surface area contributed by atoms with Crippen LogP contribution in [0.3, 0.4) is 0 Å². The molecular weight excluding hydrogens is 374 g/mol. The quantitative estimate of drug-likeness (QED) is 0.437. The highest BCUT2D eigenvalue weighted by atomic mass is 32.2. The molecule has 7 nitrogen and oxygen atoms in total. The molecule has 0 amide bonds. The van der Waals surface area contributed by atoms with Crippen LogP contribution < -0.4 is 10.1 Å². The van der Waals surface area contributed by atoms with E-state index in [4.69, 9.17) is 4.74 Å². The van der Waals surface area contributed by atoms with E-state index in [9.17, 15) is 5.11 Å². The fourth-order valence-corrected chi connectivity index (χ4v) is 4.02. The number of ether oxygens (including phenoxy) is 1. The minimum Gasteiger partial charge on any atom is -0.491 e. The maximum atomic E-state index is 10.2. The highest BCUT2D eigenvalue weighted by molar-refractivity contribution is 7.99. The topological polar surface area (TPSA) is 75.4 Å². The number of aryl methyl sites for hydroxylation is 1. The lowest BCUT2D eigenvalue weighted by Gasteiger charge is -2.28. The Balaban J connectivity index is 1.29. The van der Waals surface area contributed by atoms with Crippen LogP contribution in [0, 0.1) is 0 Å². The molecule has 1 aromatic heterocycles. The number of rotatable bonds is 11. The SMILES string of the molecule is Cn1cnnc1SCCNCc1ccc(OC[C@H](O)CN2CCCCC2)cc1. The Bertz CT molecular complexity index is 688. The number of nitrogens with zero attached hydrogens (tertiary/aromatic N) is 4. The van der Waals surface area contributed by atoms with Gasteiger partial charge in [0.05, 0.1) is 0 Å². The van der Waals surface area contributed by atoms with E-state index < -0.39 is 6.10 Å². The van der Waals surface area contributed by atoms with Crippen molar-refractivity contribution in [3.05, 3.63) is 36.2 Å². The van der Waals surface area contributed by atoms with Crippen LogP contribution in [0.25, 0.3) is 0 Å². The highest BCUT2D eigenvalue weighted by Gasteiger charge is 2.15. The van der Waals surface area contributed by atoms with Gasteiger partial charge in [0, 0.05) is 32.4 Å². The first-order chi connectivity index (χ1) is 13.7. The van der Waals surface area contributed by atoms with Gasteiger partial charge in [0.2, 0.25) is 0 Å². The van der Waals surface area contributed by atoms with Gasteiger partial charge >= 0.3 is 0 Å². The molecule has 2 aromatic rings. The number of hydrogen-bond donors (Lipinski definition) is 2. The molecule has 8 heteroatoms. The number of aliphatic hydroxyl groups is 1. The summed E-state index contributed by atoms with van der Waals surface area (Å²) in [4.78, 5) is 2.33. The molecule has 154 valence electrons. The molecule has 1 fully saturated rings. The van der Waals surface area contributed by atoms with Gasteiger partial charge in [-0.15, -0.1) is 10.2 Å². The molecule has 0 radical (unpaired) electrons. The Labute approximate surface area is 171 Å². The molecular formula is C20H31N5O2S. The van der Waals surface area contributed by atoms with Crippen molar-refractivity contribution in [3.63, 3.8) is 0 Å². The van der Waals surface area contributed by atoms with Gasteiger partial charge in [-0.1, -0.05) is 30.3 Å². The van der Waals surface area contributed by atoms with Gasteiger partial charge in [-0.25, -0.2) is 0 Å². The molecule has 28 heavy (non-hydrogen) atoms. The zero-order valence-corrected chi connectivity index (χ0v) is 17.4. The Kier molecular flexibility index (Phi) is 8.60. The van der Waals surface area contributed by atoms with Gasteiger partial charge in [-0.05, 0) is 43.6 Å². The molecule has 1 atom stereocenters. The fourth-order valence-electron chi connectivity index (χ4n) is 3.24. The number of nitrogens with one attached hydrogen (secondary N) is 1. The van der Waals surface area contributed by atoms with Crippen LogP contribution in [0.1, 0.15) is 24.8 Å². The van der Waals surface area contributed by atoms with E-state index >= 15 is 0 Å². The van der Waals surface area contributed by atoms with Crippen LogP contribution in [0.5, 0.6) is 5.75 Å². The lowest BCUT2D eigenvalue weighted by molar-refractivity contribution is 0.0617. The maximum absolute atomic E-state index is 10.2. The van der Waals surface area contributed by atoms with Crippen LogP contribution in [-0.4, -0.2) is 69.4 Å². The van der Waals surface area contributed by atoms with Crippen molar-refractivity contribution >= 4 is 11.8 Å². The van der Waals surface area contributed by atoms with E-state index in [1.54, 1.807) is 18.1 Å². The number of likely N-dealkylation sites (tertiary alicyclic amines) is 1. The number of piperidine rings is 1. The third-order valence-electron chi connectivity index (χ3n) is 4.79. The second-order valence-electron chi connectivity index (χ2n) is 7.22. The van der Waals surface area contributed by atoms with Crippen LogP contribution in [0.15, 0.2) is 35.7 Å². The standard InChI is InChI=1S/C20H31N5O2S/c1-24-16-22-23-20(24)28-12-9-21-13-17-5-7-19(8-6-17)27-15-18(26)14-25-10-3-2-4-11-25/h5-8,16,18,21,26H,2-4,9-15H2,1H3/t18-/m1/s1. The van der Waals surface area contributed by atoms with Gasteiger partial charge in [0.1, 0.15) is 24.8 Å². The summed E-state index contributed by atoms with van der Waals surface area (Å²) in [6.45, 7) is 4.95. The number of thioether (sulfide) groups is 1. The average molecular weight is 406 g/mol. The van der Waals surface area contributed by atoms with Crippen molar-refractivity contribution in [3.8, 4) is 5.75 Å². The minimum atomic E-state index is -0.439. The fraction of sp³-hybridized carbons (Fsp3) is 0.600. The number of hydrogen-bond acceptors (Lipinski definition) is 7. The monoisotopic (exact) mass is 405 g/mol. The van der Waals surface area contributed by atoms with Crippen LogP contribution in [-0.2, 0) is 13.6 Å². The summed E-state index contributed by atoms with van der Waals surface area (Å²) in [7, 11) is 1.95. The molecule has 0 aliphatic carbocycles. The van der Waals surface area contributed by atoms with E-state index in [1.165, 1.54) is 24.8 Å². The van der Waals surface area contributed by atoms with Crippen LogP contribution >= 0.6 is 11.8 Å². The van der Waals surface area contributed by atoms with E-state index in [0.717, 1.165) is 42.8 Å². The second kappa shape index (κ2) is 11.4. The van der Waals surface area contributed by atoms with Crippen molar-refractivity contribution in [1.29, 1.82) is 0 Å². The smallest absolute Gasteiger partial charge is 0.190 e. The molecule has 2 heterocycles. The summed E-state index contributed by atoms with van der Waals surface area (Å²) >= 11 is 1.69. The first-order valence-electron chi connectivity index (χ1n) is 10.0. The molecule has 3 rings (SSSR count). The second-order valence-corrected chi connectivity index (χ2v) is 8.28. The molecule has 1 saturated heterocycles. The zero-order valence-electron chi connectivity index (χ0n) is 16.6. The summed E-state index contributed by atoms with van der Waals surface area (Å²) in [5.41, 5.74) is 1.21. The molecule has 2 N–H and O–H groups in total. The lowest BCUT2D eigenvalue weighted by Crippen LogP contribution is -2.38. The summed E-state index contributed by atoms with van der Waals surface area (Å²) in [6, 6.07) is 8.07. The molecule has 0 saturated carbocycles. The molecule has 0 spiro atoms. The Hall–Kier alpha value is -1.61. The lowest BCUT2D eigenvalue weighted by atomic mass is 10.1. The van der Waals surface area contributed by atoms with Crippen molar-refractivity contribution in [2.45, 2.75) is 37.1 Å². The van der Waals surface area contributed by atoms with E-state index in [0.29, 0.717) is 13.2 Å². The van der Waals surface area contributed by atoms with E-state index in [2.05, 4.69) is 32.5 Å². The van der Waals surface area contributed by atoms with Crippen LogP contribution in [0.4, 0.5) is 0 Å². The van der Waals surface area contributed by atoms with E-state index in [-0.39, 0.29) is 0 Å². The molecule has 1 aliphatic rings. The number of aliphatic hydroxyl groups excluding tert-OH is 1. The zero-order chi connectivity index (χ0) is 19.6. The molecule has 0 bridgehead atoms. The Morgan fingerprint density at radius 1 is 1.21 bits per heavy atom. The predicted octanol–water partition coefficient (Wildman–Crippen LogP) is 1.92. The molecule has 0 unspecified atom stereocenters. The van der Waals surface area contributed by atoms with Crippen molar-refractivity contribution < 1.29 is 9.84 Å². The largest absolute Gasteiger partial charge is 0.491 e. The Morgan fingerprint density at radius 2 is 2.00 bits per heavy atom. The third kappa shape index (κ3) is 7.09. The van der Waals surface area contributed by atoms with Crippen LogP contribution in [0.2, 0.25) is 0 Å². The summed E-state index contributed by atoms with van der Waals surface area (Å²) in [6.07, 6.45) is 5.06. The van der Waals surface area contributed by atoms with E-state index in [1.807, 2.05) is 23.7 Å². The summed E-state index contributed by atoms with van der Waals surface area (Å²) in [5.74, 6) is 1.75. The number of aromatic nitrogens is 3. The molecule has 1 aliphatic heterocycles. The van der Waals surface area contributed by atoms with Crippen molar-refractivity contribution in [1.82, 2.24) is 25.0 Å². The van der Waals surface area contributed by atoms with Gasteiger partial charge in [0.25, 0.3) is 0 Å². The van der Waals surface area contributed by atoms with Crippen molar-refractivity contribution in [2.75, 3.05) is 38.5 Å². The molecule has 1 aromatic carbocycles.